The quantitative estimate of drug-likeness (QED) is 0.742. The molecule has 5 nitrogen and oxygen atoms in total. The zero-order valence-electron chi connectivity index (χ0n) is 8.65. The first-order valence-electron chi connectivity index (χ1n) is 5.28. The van der Waals surface area contributed by atoms with Gasteiger partial charge < -0.3 is 9.47 Å². The molecule has 1 spiro atoms. The highest BCUT2D eigenvalue weighted by Gasteiger charge is 2.40. The maximum absolute atomic E-state index is 10.9. The molecule has 2 rings (SSSR count). The highest BCUT2D eigenvalue weighted by molar-refractivity contribution is 7.89. The van der Waals surface area contributed by atoms with Crippen LogP contribution in [0.3, 0.4) is 0 Å². The minimum absolute atomic E-state index is 0.0864. The standard InChI is InChI=1S/C9H17NO4S/c10-15(11,12)7-8-1-3-9(4-2-8)13-5-6-14-9/h8H,1-7H2,(H2,10,11,12). The molecule has 15 heavy (non-hydrogen) atoms. The molecule has 0 aromatic rings. The van der Waals surface area contributed by atoms with E-state index < -0.39 is 15.8 Å². The second-order valence-electron chi connectivity index (χ2n) is 4.38. The summed E-state index contributed by atoms with van der Waals surface area (Å²) in [6.07, 6.45) is 3.20. The van der Waals surface area contributed by atoms with Crippen molar-refractivity contribution in [2.75, 3.05) is 19.0 Å². The average Bonchev–Trinajstić information content (AvgIpc) is 2.56. The summed E-state index contributed by atoms with van der Waals surface area (Å²) in [7, 11) is -3.34. The van der Waals surface area contributed by atoms with Crippen LogP contribution in [0.5, 0.6) is 0 Å². The normalized spacial score (nSPS) is 27.3. The van der Waals surface area contributed by atoms with E-state index in [4.69, 9.17) is 14.6 Å². The van der Waals surface area contributed by atoms with Gasteiger partial charge in [0.1, 0.15) is 0 Å². The summed E-state index contributed by atoms with van der Waals surface area (Å²) in [6, 6.07) is 0. The average molecular weight is 235 g/mol. The first-order valence-corrected chi connectivity index (χ1v) is 6.99. The first kappa shape index (κ1) is 11.3. The van der Waals surface area contributed by atoms with Gasteiger partial charge in [-0.05, 0) is 18.8 Å². The molecule has 6 heteroatoms. The van der Waals surface area contributed by atoms with Gasteiger partial charge in [-0.25, -0.2) is 13.6 Å². The number of hydrogen-bond acceptors (Lipinski definition) is 4. The van der Waals surface area contributed by atoms with E-state index in [1.165, 1.54) is 0 Å². The topological polar surface area (TPSA) is 78.6 Å². The van der Waals surface area contributed by atoms with Crippen molar-refractivity contribution in [1.82, 2.24) is 0 Å². The molecule has 0 unspecified atom stereocenters. The largest absolute Gasteiger partial charge is 0.348 e. The molecule has 0 atom stereocenters. The number of hydrogen-bond donors (Lipinski definition) is 1. The van der Waals surface area contributed by atoms with E-state index in [9.17, 15) is 8.42 Å². The van der Waals surface area contributed by atoms with Crippen LogP contribution in [0, 0.1) is 5.92 Å². The van der Waals surface area contributed by atoms with Gasteiger partial charge in [0, 0.05) is 12.8 Å². The van der Waals surface area contributed by atoms with Crippen LogP contribution in [0.1, 0.15) is 25.7 Å². The van der Waals surface area contributed by atoms with Gasteiger partial charge in [0.25, 0.3) is 0 Å². The molecule has 0 bridgehead atoms. The third kappa shape index (κ3) is 2.90. The Morgan fingerprint density at radius 1 is 1.20 bits per heavy atom. The molecule has 2 fully saturated rings. The lowest BCUT2D eigenvalue weighted by Gasteiger charge is -2.34. The van der Waals surface area contributed by atoms with Crippen molar-refractivity contribution in [3.63, 3.8) is 0 Å². The van der Waals surface area contributed by atoms with E-state index in [0.29, 0.717) is 13.2 Å². The molecule has 88 valence electrons. The van der Waals surface area contributed by atoms with Gasteiger partial charge in [0.15, 0.2) is 5.79 Å². The molecule has 1 aliphatic carbocycles. The van der Waals surface area contributed by atoms with E-state index in [1.807, 2.05) is 0 Å². The van der Waals surface area contributed by atoms with E-state index in [2.05, 4.69) is 0 Å². The summed E-state index contributed by atoms with van der Waals surface area (Å²) in [5.41, 5.74) is 0. The number of rotatable bonds is 2. The fourth-order valence-electron chi connectivity index (χ4n) is 2.40. The zero-order valence-corrected chi connectivity index (χ0v) is 9.46. The monoisotopic (exact) mass is 235 g/mol. The number of nitrogens with two attached hydrogens (primary N) is 1. The summed E-state index contributed by atoms with van der Waals surface area (Å²) >= 11 is 0. The molecule has 2 aliphatic rings. The van der Waals surface area contributed by atoms with Crippen molar-refractivity contribution in [3.8, 4) is 0 Å². The molecular weight excluding hydrogens is 218 g/mol. The summed E-state index contributed by atoms with van der Waals surface area (Å²) in [5, 5.41) is 5.02. The molecule has 0 radical (unpaired) electrons. The van der Waals surface area contributed by atoms with Crippen LogP contribution in [0.15, 0.2) is 0 Å². The van der Waals surface area contributed by atoms with Gasteiger partial charge in [-0.1, -0.05) is 0 Å². The highest BCUT2D eigenvalue weighted by atomic mass is 32.2. The maximum atomic E-state index is 10.9. The van der Waals surface area contributed by atoms with Crippen molar-refractivity contribution >= 4 is 10.0 Å². The second-order valence-corrected chi connectivity index (χ2v) is 6.04. The van der Waals surface area contributed by atoms with Crippen LogP contribution in [-0.4, -0.2) is 33.2 Å². The first-order chi connectivity index (χ1) is 6.99. The lowest BCUT2D eigenvalue weighted by molar-refractivity contribution is -0.181. The molecule has 1 saturated heterocycles. The molecular formula is C9H17NO4S. The SMILES string of the molecule is NS(=O)(=O)CC1CCC2(CC1)OCCO2. The predicted molar refractivity (Wildman–Crippen MR) is 54.6 cm³/mol. The molecule has 0 aromatic carbocycles. The molecule has 0 amide bonds. The Labute approximate surface area is 90.0 Å². The minimum atomic E-state index is -3.34. The van der Waals surface area contributed by atoms with Crippen LogP contribution in [0.2, 0.25) is 0 Å². The Bertz CT molecular complexity index is 311. The van der Waals surface area contributed by atoms with Crippen LogP contribution in [0.4, 0.5) is 0 Å². The van der Waals surface area contributed by atoms with E-state index in [0.717, 1.165) is 25.7 Å². The Kier molecular flexibility index (Phi) is 3.03. The highest BCUT2D eigenvalue weighted by Crippen LogP contribution is 2.38. The Balaban J connectivity index is 1.87. The molecule has 1 saturated carbocycles. The van der Waals surface area contributed by atoms with Crippen LogP contribution >= 0.6 is 0 Å². The summed E-state index contributed by atoms with van der Waals surface area (Å²) < 4.78 is 33.0. The molecule has 2 N–H and O–H groups in total. The summed E-state index contributed by atoms with van der Waals surface area (Å²) in [6.45, 7) is 1.31. The lowest BCUT2D eigenvalue weighted by Crippen LogP contribution is -2.37. The fraction of sp³-hybridized carbons (Fsp3) is 1.00. The van der Waals surface area contributed by atoms with Gasteiger partial charge in [0.2, 0.25) is 10.0 Å². The Hall–Kier alpha value is -0.170. The second kappa shape index (κ2) is 4.01. The van der Waals surface area contributed by atoms with Gasteiger partial charge in [0.05, 0.1) is 19.0 Å². The molecule has 0 aromatic heterocycles. The van der Waals surface area contributed by atoms with Crippen molar-refractivity contribution < 1.29 is 17.9 Å². The van der Waals surface area contributed by atoms with Crippen LogP contribution < -0.4 is 5.14 Å². The van der Waals surface area contributed by atoms with Gasteiger partial charge >= 0.3 is 0 Å². The van der Waals surface area contributed by atoms with Gasteiger partial charge in [-0.2, -0.15) is 0 Å². The van der Waals surface area contributed by atoms with Crippen molar-refractivity contribution in [2.24, 2.45) is 11.1 Å². The molecule has 1 aliphatic heterocycles. The number of sulfonamides is 1. The number of ether oxygens (including phenoxy) is 2. The maximum Gasteiger partial charge on any atom is 0.209 e. The van der Waals surface area contributed by atoms with E-state index in [1.54, 1.807) is 0 Å². The van der Waals surface area contributed by atoms with Gasteiger partial charge in [-0.3, -0.25) is 0 Å². The van der Waals surface area contributed by atoms with Crippen molar-refractivity contribution in [1.29, 1.82) is 0 Å². The third-order valence-corrected chi connectivity index (χ3v) is 4.08. The van der Waals surface area contributed by atoms with Crippen molar-refractivity contribution in [3.05, 3.63) is 0 Å². The fourth-order valence-corrected chi connectivity index (χ4v) is 3.39. The Morgan fingerprint density at radius 2 is 1.73 bits per heavy atom. The minimum Gasteiger partial charge on any atom is -0.348 e. The van der Waals surface area contributed by atoms with Crippen molar-refractivity contribution in [2.45, 2.75) is 31.5 Å². The zero-order chi connectivity index (χ0) is 10.9. The van der Waals surface area contributed by atoms with Crippen LogP contribution in [-0.2, 0) is 19.5 Å². The van der Waals surface area contributed by atoms with Crippen LogP contribution in [0.25, 0.3) is 0 Å². The smallest absolute Gasteiger partial charge is 0.209 e. The molecule has 1 heterocycles. The lowest BCUT2D eigenvalue weighted by atomic mass is 9.86. The van der Waals surface area contributed by atoms with E-state index >= 15 is 0 Å². The predicted octanol–water partition coefficient (Wildman–Crippen LogP) is 0.208. The van der Waals surface area contributed by atoms with Gasteiger partial charge in [-0.15, -0.1) is 0 Å². The van der Waals surface area contributed by atoms with E-state index in [-0.39, 0.29) is 11.7 Å². The third-order valence-electron chi connectivity index (χ3n) is 3.15. The summed E-state index contributed by atoms with van der Waals surface area (Å²) in [5.74, 6) is -0.156. The summed E-state index contributed by atoms with van der Waals surface area (Å²) in [4.78, 5) is 0. The Morgan fingerprint density at radius 3 is 2.20 bits per heavy atom. The number of primary sulfonamides is 1.